The van der Waals surface area contributed by atoms with Crippen molar-refractivity contribution in [2.45, 2.75) is 25.2 Å². The second-order valence-electron chi connectivity index (χ2n) is 7.89. The number of hydrogen-bond donors (Lipinski definition) is 1. The van der Waals surface area contributed by atoms with Gasteiger partial charge in [0.25, 0.3) is 0 Å². The molecule has 2 aliphatic rings. The van der Waals surface area contributed by atoms with E-state index in [1.807, 2.05) is 54.6 Å². The molecule has 3 heterocycles. The van der Waals surface area contributed by atoms with Crippen LogP contribution in [0, 0.1) is 0 Å². The van der Waals surface area contributed by atoms with Crippen LogP contribution in [0.5, 0.6) is 0 Å². The lowest BCUT2D eigenvalue weighted by Crippen LogP contribution is -2.44. The van der Waals surface area contributed by atoms with Crippen LogP contribution in [0.2, 0.25) is 0 Å². The summed E-state index contributed by atoms with van der Waals surface area (Å²) in [5, 5.41) is 10.8. The van der Waals surface area contributed by atoms with Gasteiger partial charge in [0, 0.05) is 49.0 Å². The predicted octanol–water partition coefficient (Wildman–Crippen LogP) is 3.94. The second-order valence-corrected chi connectivity index (χ2v) is 7.89. The fraction of sp³-hybridized carbons (Fsp3) is 0.333. The minimum Gasteiger partial charge on any atom is -0.478 e. The Bertz CT molecular complexity index is 1070. The third-order valence-corrected chi connectivity index (χ3v) is 6.07. The Morgan fingerprint density at radius 2 is 1.67 bits per heavy atom. The fourth-order valence-electron chi connectivity index (χ4n) is 4.55. The maximum atomic E-state index is 12.4. The lowest BCUT2D eigenvalue weighted by atomic mass is 9.95. The molecule has 1 N–H and O–H groups in total. The van der Waals surface area contributed by atoms with Crippen LogP contribution in [0.15, 0.2) is 54.6 Å². The summed E-state index contributed by atoms with van der Waals surface area (Å²) in [6, 6.07) is 17.3. The van der Waals surface area contributed by atoms with E-state index in [0.717, 1.165) is 42.8 Å². The predicted molar refractivity (Wildman–Crippen MR) is 113 cm³/mol. The van der Waals surface area contributed by atoms with Crippen molar-refractivity contribution in [3.63, 3.8) is 0 Å². The van der Waals surface area contributed by atoms with Gasteiger partial charge in [0.05, 0.1) is 30.0 Å². The van der Waals surface area contributed by atoms with Crippen LogP contribution in [0.4, 0.5) is 0 Å². The minimum atomic E-state index is -0.920. The highest BCUT2D eigenvalue weighted by atomic mass is 16.7. The average molecular weight is 404 g/mol. The number of pyridine rings is 1. The lowest BCUT2D eigenvalue weighted by molar-refractivity contribution is -0.185. The normalized spacial score (nSPS) is 18.8. The number of aromatic carboxylic acids is 1. The Morgan fingerprint density at radius 1 is 1.00 bits per heavy atom. The van der Waals surface area contributed by atoms with Crippen molar-refractivity contribution in [1.29, 1.82) is 0 Å². The van der Waals surface area contributed by atoms with E-state index in [2.05, 4.69) is 4.90 Å². The van der Waals surface area contributed by atoms with E-state index >= 15 is 0 Å². The quantitative estimate of drug-likeness (QED) is 0.710. The zero-order chi connectivity index (χ0) is 20.6. The Labute approximate surface area is 175 Å². The Morgan fingerprint density at radius 3 is 2.37 bits per heavy atom. The number of piperidine rings is 1. The number of ether oxygens (including phenoxy) is 2. The molecule has 2 aliphatic heterocycles. The number of hydrogen-bond acceptors (Lipinski definition) is 5. The summed E-state index contributed by atoms with van der Waals surface area (Å²) < 4.78 is 11.7. The zero-order valence-electron chi connectivity index (χ0n) is 16.7. The smallest absolute Gasteiger partial charge is 0.336 e. The van der Waals surface area contributed by atoms with E-state index in [-0.39, 0.29) is 0 Å². The van der Waals surface area contributed by atoms with Crippen LogP contribution in [-0.4, -0.2) is 53.1 Å². The maximum absolute atomic E-state index is 12.4. The number of benzene rings is 2. The summed E-state index contributed by atoms with van der Waals surface area (Å²) in [5.74, 6) is -1.37. The Balaban J connectivity index is 1.57. The third kappa shape index (κ3) is 3.47. The summed E-state index contributed by atoms with van der Waals surface area (Å²) in [7, 11) is 0. The van der Waals surface area contributed by atoms with Gasteiger partial charge in [-0.15, -0.1) is 0 Å². The molecule has 0 saturated carbocycles. The first kappa shape index (κ1) is 19.2. The summed E-state index contributed by atoms with van der Waals surface area (Å²) in [6.45, 7) is 3.41. The molecule has 2 fully saturated rings. The van der Waals surface area contributed by atoms with Gasteiger partial charge in [-0.3, -0.25) is 4.90 Å². The number of carbonyl (C=O) groups is 1. The summed E-state index contributed by atoms with van der Waals surface area (Å²) in [4.78, 5) is 19.5. The van der Waals surface area contributed by atoms with Crippen LogP contribution in [0.3, 0.4) is 0 Å². The molecule has 154 valence electrons. The van der Waals surface area contributed by atoms with Crippen molar-refractivity contribution in [1.82, 2.24) is 9.88 Å². The average Bonchev–Trinajstić information content (AvgIpc) is 3.23. The van der Waals surface area contributed by atoms with E-state index in [1.165, 1.54) is 0 Å². The second kappa shape index (κ2) is 7.80. The van der Waals surface area contributed by atoms with Gasteiger partial charge in [0.2, 0.25) is 0 Å². The van der Waals surface area contributed by atoms with Gasteiger partial charge in [0.1, 0.15) is 0 Å². The Hall–Kier alpha value is -2.80. The maximum Gasteiger partial charge on any atom is 0.336 e. The van der Waals surface area contributed by atoms with Gasteiger partial charge in [-0.05, 0) is 6.07 Å². The van der Waals surface area contributed by atoms with Crippen molar-refractivity contribution in [2.24, 2.45) is 0 Å². The number of nitrogens with zero attached hydrogens (tertiary/aromatic N) is 2. The van der Waals surface area contributed by atoms with E-state index < -0.39 is 11.8 Å². The SMILES string of the molecule is O=C(O)c1c(CN2CCC3(CC2)OCCO3)c(-c2ccccc2)nc2ccccc12. The molecule has 0 radical (unpaired) electrons. The highest BCUT2D eigenvalue weighted by Gasteiger charge is 2.40. The van der Waals surface area contributed by atoms with Crippen LogP contribution in [0.1, 0.15) is 28.8 Å². The van der Waals surface area contributed by atoms with Crippen molar-refractivity contribution < 1.29 is 19.4 Å². The third-order valence-electron chi connectivity index (χ3n) is 6.07. The van der Waals surface area contributed by atoms with Gasteiger partial charge in [-0.1, -0.05) is 48.5 Å². The molecule has 2 aromatic carbocycles. The molecule has 0 aliphatic carbocycles. The molecule has 0 bridgehead atoms. The molecule has 0 amide bonds. The van der Waals surface area contributed by atoms with Gasteiger partial charge >= 0.3 is 5.97 Å². The van der Waals surface area contributed by atoms with Crippen LogP contribution in [0.25, 0.3) is 22.2 Å². The number of aromatic nitrogens is 1. The molecule has 1 spiro atoms. The number of para-hydroxylation sites is 1. The summed E-state index contributed by atoms with van der Waals surface area (Å²) in [5.41, 5.74) is 3.46. The molecule has 6 nitrogen and oxygen atoms in total. The fourth-order valence-corrected chi connectivity index (χ4v) is 4.55. The molecule has 0 unspecified atom stereocenters. The number of rotatable bonds is 4. The van der Waals surface area contributed by atoms with Gasteiger partial charge in [0.15, 0.2) is 5.79 Å². The van der Waals surface area contributed by atoms with Crippen LogP contribution in [-0.2, 0) is 16.0 Å². The van der Waals surface area contributed by atoms with E-state index in [0.29, 0.717) is 36.2 Å². The monoisotopic (exact) mass is 404 g/mol. The molecular weight excluding hydrogens is 380 g/mol. The van der Waals surface area contributed by atoms with Gasteiger partial charge in [-0.25, -0.2) is 9.78 Å². The molecule has 0 atom stereocenters. The molecule has 1 aromatic heterocycles. The molecule has 3 aromatic rings. The largest absolute Gasteiger partial charge is 0.478 e. The van der Waals surface area contributed by atoms with Crippen LogP contribution < -0.4 is 0 Å². The number of carboxylic acids is 1. The molecule has 30 heavy (non-hydrogen) atoms. The standard InChI is InChI=1S/C24H24N2O4/c27-23(28)21-18-8-4-5-9-20(18)25-22(17-6-2-1-3-7-17)19(21)16-26-12-10-24(11-13-26)29-14-15-30-24/h1-9H,10-16H2,(H,27,28). The number of fused-ring (bicyclic) bond motifs is 1. The van der Waals surface area contributed by atoms with Gasteiger partial charge in [-0.2, -0.15) is 0 Å². The zero-order valence-corrected chi connectivity index (χ0v) is 16.7. The van der Waals surface area contributed by atoms with Crippen molar-refractivity contribution >= 4 is 16.9 Å². The molecule has 2 saturated heterocycles. The van der Waals surface area contributed by atoms with Crippen molar-refractivity contribution in [2.75, 3.05) is 26.3 Å². The van der Waals surface area contributed by atoms with E-state index in [4.69, 9.17) is 14.5 Å². The molecule has 5 rings (SSSR count). The van der Waals surface area contributed by atoms with Crippen LogP contribution >= 0.6 is 0 Å². The molecule has 6 heteroatoms. The highest BCUT2D eigenvalue weighted by Crippen LogP contribution is 2.35. The van der Waals surface area contributed by atoms with Gasteiger partial charge < -0.3 is 14.6 Å². The topological polar surface area (TPSA) is 71.9 Å². The molecular formula is C24H24N2O4. The Kier molecular flexibility index (Phi) is 4.98. The van der Waals surface area contributed by atoms with E-state index in [1.54, 1.807) is 0 Å². The van der Waals surface area contributed by atoms with Crippen molar-refractivity contribution in [3.05, 3.63) is 65.7 Å². The first-order valence-electron chi connectivity index (χ1n) is 10.4. The first-order chi connectivity index (χ1) is 14.7. The highest BCUT2D eigenvalue weighted by molar-refractivity contribution is 6.05. The number of likely N-dealkylation sites (tertiary alicyclic amines) is 1. The first-order valence-corrected chi connectivity index (χ1v) is 10.4. The van der Waals surface area contributed by atoms with E-state index in [9.17, 15) is 9.90 Å². The lowest BCUT2D eigenvalue weighted by Gasteiger charge is -2.38. The number of carboxylic acid groups (broad SMARTS) is 1. The van der Waals surface area contributed by atoms with Crippen molar-refractivity contribution in [3.8, 4) is 11.3 Å². The minimum absolute atomic E-state index is 0.341. The summed E-state index contributed by atoms with van der Waals surface area (Å²) >= 11 is 0. The summed E-state index contributed by atoms with van der Waals surface area (Å²) in [6.07, 6.45) is 1.58.